The van der Waals surface area contributed by atoms with E-state index >= 15 is 0 Å². The summed E-state index contributed by atoms with van der Waals surface area (Å²) in [5, 5.41) is 17.2. The van der Waals surface area contributed by atoms with Gasteiger partial charge < -0.3 is 20.2 Å². The van der Waals surface area contributed by atoms with Crippen LogP contribution in [0.15, 0.2) is 30.0 Å². The van der Waals surface area contributed by atoms with E-state index in [4.69, 9.17) is 11.6 Å². The highest BCUT2D eigenvalue weighted by atomic mass is 35.5. The largest absolute Gasteiger partial charge is 0.510 e. The van der Waals surface area contributed by atoms with Gasteiger partial charge in [-0.2, -0.15) is 5.10 Å². The van der Waals surface area contributed by atoms with Crippen LogP contribution in [0.25, 0.3) is 0 Å². The minimum Gasteiger partial charge on any atom is -0.510 e. The number of nitrogens with zero attached hydrogens (tertiary/aromatic N) is 4. The Balaban J connectivity index is 1.38. The van der Waals surface area contributed by atoms with E-state index in [1.165, 1.54) is 18.2 Å². The average Bonchev–Trinajstić information content (AvgIpc) is 3.26. The predicted molar refractivity (Wildman–Crippen MR) is 107 cm³/mol. The van der Waals surface area contributed by atoms with E-state index in [-0.39, 0.29) is 29.3 Å². The fourth-order valence-corrected chi connectivity index (χ4v) is 4.40. The standard InChI is InChI=1S/C20H19ClFN5O3/c1-25-18(29)17-12-10-26(19(30)23-11-2-3-14(22)13(21)8-11)6-4-15(12)24-27(17)7-5-20(25)9-16(20)28/h2-3,8-9,28H,4-7,10H2,1H3,(H,23,30). The minimum absolute atomic E-state index is 0.0739. The normalized spacial score (nSPS) is 22.4. The van der Waals surface area contributed by atoms with Crippen molar-refractivity contribution in [2.24, 2.45) is 0 Å². The lowest BCUT2D eigenvalue weighted by Gasteiger charge is -2.29. The van der Waals surface area contributed by atoms with Crippen molar-refractivity contribution in [3.8, 4) is 0 Å². The van der Waals surface area contributed by atoms with Crippen LogP contribution in [-0.2, 0) is 19.5 Å². The first-order valence-electron chi connectivity index (χ1n) is 9.60. The van der Waals surface area contributed by atoms with Crippen LogP contribution in [0, 0.1) is 5.82 Å². The van der Waals surface area contributed by atoms with E-state index in [2.05, 4.69) is 10.4 Å². The number of carbonyl (C=O) groups is 2. The Morgan fingerprint density at radius 1 is 1.37 bits per heavy atom. The molecule has 0 radical (unpaired) electrons. The molecular weight excluding hydrogens is 413 g/mol. The number of aromatic nitrogens is 2. The number of likely N-dealkylation sites (N-methyl/N-ethyl adjacent to an activating group) is 1. The number of halogens is 2. The van der Waals surface area contributed by atoms with Gasteiger partial charge in [0, 0.05) is 44.2 Å². The summed E-state index contributed by atoms with van der Waals surface area (Å²) in [6.45, 7) is 1.18. The van der Waals surface area contributed by atoms with Gasteiger partial charge in [-0.25, -0.2) is 9.18 Å². The maximum Gasteiger partial charge on any atom is 0.322 e. The zero-order chi connectivity index (χ0) is 21.2. The van der Waals surface area contributed by atoms with E-state index in [0.717, 1.165) is 11.3 Å². The van der Waals surface area contributed by atoms with Gasteiger partial charge in [0.1, 0.15) is 22.8 Å². The number of aryl methyl sites for hydroxylation is 1. The molecule has 3 amide bonds. The second-order valence-corrected chi connectivity index (χ2v) is 8.20. The summed E-state index contributed by atoms with van der Waals surface area (Å²) in [5.41, 5.74) is 1.67. The first-order valence-corrected chi connectivity index (χ1v) is 9.98. The first kappa shape index (κ1) is 18.9. The third-order valence-electron chi connectivity index (χ3n) is 6.11. The molecule has 1 aliphatic carbocycles. The van der Waals surface area contributed by atoms with Gasteiger partial charge in [0.2, 0.25) is 0 Å². The lowest BCUT2D eigenvalue weighted by atomic mass is 10.0. The van der Waals surface area contributed by atoms with E-state index < -0.39 is 11.4 Å². The topological polar surface area (TPSA) is 90.7 Å². The Bertz CT molecular complexity index is 1130. The third kappa shape index (κ3) is 2.76. The molecule has 2 aromatic rings. The Hall–Kier alpha value is -3.07. The number of urea groups is 1. The summed E-state index contributed by atoms with van der Waals surface area (Å²) >= 11 is 5.78. The van der Waals surface area contributed by atoms with Crippen LogP contribution < -0.4 is 5.32 Å². The molecule has 30 heavy (non-hydrogen) atoms. The summed E-state index contributed by atoms with van der Waals surface area (Å²) in [6, 6.07) is 3.61. The zero-order valence-corrected chi connectivity index (χ0v) is 16.9. The summed E-state index contributed by atoms with van der Waals surface area (Å²) in [4.78, 5) is 29.0. The van der Waals surface area contributed by atoms with Crippen molar-refractivity contribution in [3.63, 3.8) is 0 Å². The average molecular weight is 432 g/mol. The predicted octanol–water partition coefficient (Wildman–Crippen LogP) is 2.94. The van der Waals surface area contributed by atoms with Crippen molar-refractivity contribution in [2.75, 3.05) is 18.9 Å². The molecule has 2 N–H and O–H groups in total. The number of hydrogen-bond acceptors (Lipinski definition) is 4. The Kier molecular flexibility index (Phi) is 4.08. The highest BCUT2D eigenvalue weighted by Gasteiger charge is 2.53. The molecular formula is C20H19ClFN5O3. The number of benzene rings is 1. The minimum atomic E-state index is -0.710. The molecule has 3 aliphatic rings. The van der Waals surface area contributed by atoms with Gasteiger partial charge >= 0.3 is 6.03 Å². The monoisotopic (exact) mass is 431 g/mol. The Morgan fingerprint density at radius 2 is 2.13 bits per heavy atom. The van der Waals surface area contributed by atoms with Crippen LogP contribution in [0.4, 0.5) is 14.9 Å². The van der Waals surface area contributed by atoms with Gasteiger partial charge in [-0.05, 0) is 24.3 Å². The molecule has 3 heterocycles. The summed E-state index contributed by atoms with van der Waals surface area (Å²) < 4.78 is 15.0. The molecule has 5 rings (SSSR count). The molecule has 0 saturated carbocycles. The Morgan fingerprint density at radius 3 is 2.83 bits per heavy atom. The molecule has 2 aliphatic heterocycles. The van der Waals surface area contributed by atoms with E-state index in [9.17, 15) is 19.1 Å². The summed E-state index contributed by atoms with van der Waals surface area (Å²) in [6.07, 6.45) is 2.76. The number of anilines is 1. The van der Waals surface area contributed by atoms with Crippen LogP contribution in [0.1, 0.15) is 28.2 Å². The molecule has 10 heteroatoms. The van der Waals surface area contributed by atoms with Crippen LogP contribution in [0.3, 0.4) is 0 Å². The number of rotatable bonds is 1. The number of nitrogens with one attached hydrogen (secondary N) is 1. The van der Waals surface area contributed by atoms with Crippen LogP contribution in [-0.4, -0.2) is 55.8 Å². The molecule has 1 unspecified atom stereocenters. The van der Waals surface area contributed by atoms with E-state index in [0.29, 0.717) is 37.3 Å². The van der Waals surface area contributed by atoms with E-state index in [1.807, 2.05) is 0 Å². The van der Waals surface area contributed by atoms with Crippen molar-refractivity contribution in [1.82, 2.24) is 19.6 Å². The summed E-state index contributed by atoms with van der Waals surface area (Å²) in [5.74, 6) is -0.581. The van der Waals surface area contributed by atoms with Gasteiger partial charge in [0.15, 0.2) is 0 Å². The molecule has 156 valence electrons. The molecule has 1 aromatic carbocycles. The molecule has 1 atom stereocenters. The number of carbonyl (C=O) groups excluding carboxylic acids is 2. The molecule has 8 nitrogen and oxygen atoms in total. The molecule has 0 saturated heterocycles. The number of fused-ring (bicyclic) bond motifs is 3. The molecule has 1 spiro atoms. The zero-order valence-electron chi connectivity index (χ0n) is 16.2. The van der Waals surface area contributed by atoms with Gasteiger partial charge in [-0.15, -0.1) is 0 Å². The van der Waals surface area contributed by atoms with Crippen molar-refractivity contribution >= 4 is 29.2 Å². The number of aliphatic hydroxyl groups is 1. The Labute approximate surface area is 176 Å². The summed E-state index contributed by atoms with van der Waals surface area (Å²) in [7, 11) is 1.67. The van der Waals surface area contributed by atoms with Crippen molar-refractivity contribution in [3.05, 3.63) is 57.8 Å². The highest BCUT2D eigenvalue weighted by Crippen LogP contribution is 2.44. The fourth-order valence-electron chi connectivity index (χ4n) is 4.22. The number of aliphatic hydroxyl groups excluding tert-OH is 1. The molecule has 1 aromatic heterocycles. The maximum atomic E-state index is 13.3. The first-order chi connectivity index (χ1) is 14.3. The van der Waals surface area contributed by atoms with Gasteiger partial charge in [0.25, 0.3) is 5.91 Å². The van der Waals surface area contributed by atoms with E-state index in [1.54, 1.807) is 27.6 Å². The highest BCUT2D eigenvalue weighted by molar-refractivity contribution is 6.31. The SMILES string of the molecule is CN1C(=O)c2c3c(nn2CCC12C=C2O)CCN(C(=O)Nc1ccc(F)c(Cl)c1)C3. The second kappa shape index (κ2) is 6.46. The fraction of sp³-hybridized carbons (Fsp3) is 0.350. The molecule has 0 bridgehead atoms. The van der Waals surface area contributed by atoms with Gasteiger partial charge in [-0.3, -0.25) is 9.48 Å². The number of hydrogen-bond donors (Lipinski definition) is 2. The quantitative estimate of drug-likeness (QED) is 0.726. The molecule has 0 fully saturated rings. The van der Waals surface area contributed by atoms with Crippen LogP contribution in [0.2, 0.25) is 5.02 Å². The lowest BCUT2D eigenvalue weighted by Crippen LogP contribution is -2.42. The van der Waals surface area contributed by atoms with Crippen molar-refractivity contribution < 1.29 is 19.1 Å². The van der Waals surface area contributed by atoms with Crippen molar-refractivity contribution in [2.45, 2.75) is 31.5 Å². The smallest absolute Gasteiger partial charge is 0.322 e. The maximum absolute atomic E-state index is 13.3. The second-order valence-electron chi connectivity index (χ2n) is 7.80. The van der Waals surface area contributed by atoms with Gasteiger partial charge in [-0.1, -0.05) is 11.6 Å². The number of amides is 3. The van der Waals surface area contributed by atoms with Gasteiger partial charge in [0.05, 0.1) is 17.3 Å². The van der Waals surface area contributed by atoms with Crippen LogP contribution in [0.5, 0.6) is 0 Å². The van der Waals surface area contributed by atoms with Crippen LogP contribution >= 0.6 is 11.6 Å². The third-order valence-corrected chi connectivity index (χ3v) is 6.40. The lowest BCUT2D eigenvalue weighted by molar-refractivity contribution is 0.0699. The van der Waals surface area contributed by atoms with Crippen molar-refractivity contribution in [1.29, 1.82) is 0 Å².